The van der Waals surface area contributed by atoms with Gasteiger partial charge in [0.2, 0.25) is 11.8 Å². The molecule has 2 fully saturated rings. The van der Waals surface area contributed by atoms with Gasteiger partial charge in [-0.3, -0.25) is 9.59 Å². The second kappa shape index (κ2) is 5.41. The zero-order valence-corrected chi connectivity index (χ0v) is 12.8. The number of rotatable bonds is 2. The molecule has 2 aliphatic heterocycles. The van der Waals surface area contributed by atoms with Crippen LogP contribution in [0.15, 0.2) is 24.3 Å². The largest absolute Gasteiger partial charge is 0.339 e. The summed E-state index contributed by atoms with van der Waals surface area (Å²) in [5, 5.41) is 0. The lowest BCUT2D eigenvalue weighted by molar-refractivity contribution is -0.130. The molecule has 0 aromatic heterocycles. The van der Waals surface area contributed by atoms with Crippen LogP contribution in [-0.2, 0) is 16.0 Å². The lowest BCUT2D eigenvalue weighted by Gasteiger charge is -2.25. The van der Waals surface area contributed by atoms with Gasteiger partial charge in [-0.2, -0.15) is 0 Å². The Bertz CT molecular complexity index is 607. The maximum Gasteiger partial charge on any atom is 0.232 e. The number of carbonyl (C=O) groups excluding carboxylic acids is 2. The molecule has 4 nitrogen and oxygen atoms in total. The van der Waals surface area contributed by atoms with Crippen molar-refractivity contribution in [2.45, 2.75) is 44.6 Å². The molecule has 116 valence electrons. The molecule has 22 heavy (non-hydrogen) atoms. The Kier molecular flexibility index (Phi) is 3.40. The third kappa shape index (κ3) is 2.21. The Morgan fingerprint density at radius 1 is 1.14 bits per heavy atom. The van der Waals surface area contributed by atoms with E-state index < -0.39 is 0 Å². The van der Waals surface area contributed by atoms with Gasteiger partial charge in [-0.1, -0.05) is 31.0 Å². The summed E-state index contributed by atoms with van der Waals surface area (Å²) < 4.78 is 0. The van der Waals surface area contributed by atoms with E-state index in [1.807, 2.05) is 28.0 Å². The van der Waals surface area contributed by atoms with Crippen molar-refractivity contribution in [3.8, 4) is 0 Å². The Labute approximate surface area is 131 Å². The number of likely N-dealkylation sites (tertiary alicyclic amines) is 1. The van der Waals surface area contributed by atoms with Gasteiger partial charge in [0.25, 0.3) is 0 Å². The molecule has 1 saturated heterocycles. The minimum atomic E-state index is -0.153. The first kappa shape index (κ1) is 13.8. The van der Waals surface area contributed by atoms with Crippen LogP contribution in [0.5, 0.6) is 0 Å². The molecule has 1 atom stereocenters. The van der Waals surface area contributed by atoms with Crippen molar-refractivity contribution < 1.29 is 9.59 Å². The fraction of sp³-hybridized carbons (Fsp3) is 0.556. The smallest absolute Gasteiger partial charge is 0.232 e. The molecule has 2 heterocycles. The minimum absolute atomic E-state index is 0.138. The van der Waals surface area contributed by atoms with Crippen LogP contribution >= 0.6 is 0 Å². The van der Waals surface area contributed by atoms with Crippen LogP contribution in [0.3, 0.4) is 0 Å². The topological polar surface area (TPSA) is 40.6 Å². The molecule has 0 N–H and O–H groups in total. The van der Waals surface area contributed by atoms with Gasteiger partial charge in [-0.15, -0.1) is 0 Å². The molecule has 4 heteroatoms. The number of para-hydroxylation sites is 1. The van der Waals surface area contributed by atoms with Crippen LogP contribution in [-0.4, -0.2) is 35.8 Å². The van der Waals surface area contributed by atoms with E-state index in [1.54, 1.807) is 0 Å². The third-order valence-corrected chi connectivity index (χ3v) is 5.43. The van der Waals surface area contributed by atoms with E-state index in [0.717, 1.165) is 31.5 Å². The van der Waals surface area contributed by atoms with Crippen molar-refractivity contribution in [3.05, 3.63) is 29.8 Å². The monoisotopic (exact) mass is 298 g/mol. The number of nitrogens with zero attached hydrogens (tertiary/aromatic N) is 2. The third-order valence-electron chi connectivity index (χ3n) is 5.43. The number of hydrogen-bond acceptors (Lipinski definition) is 2. The van der Waals surface area contributed by atoms with Crippen LogP contribution in [0.4, 0.5) is 5.69 Å². The first-order valence-electron chi connectivity index (χ1n) is 8.43. The Balaban J connectivity index is 1.49. The maximum absolute atomic E-state index is 12.9. The molecular formula is C18H22N2O2. The lowest BCUT2D eigenvalue weighted by Crippen LogP contribution is -2.38. The Morgan fingerprint density at radius 3 is 2.73 bits per heavy atom. The summed E-state index contributed by atoms with van der Waals surface area (Å²) in [6.07, 6.45) is 5.97. The van der Waals surface area contributed by atoms with Crippen molar-refractivity contribution in [2.75, 3.05) is 18.0 Å². The summed E-state index contributed by atoms with van der Waals surface area (Å²) >= 11 is 0. The van der Waals surface area contributed by atoms with Gasteiger partial charge in [0, 0.05) is 31.2 Å². The molecule has 2 amide bonds. The SMILES string of the molecule is O=C([C@H]1CC(=O)N(C2CCCC2)C1)N1CCc2ccccc21. The summed E-state index contributed by atoms with van der Waals surface area (Å²) in [6.45, 7) is 1.38. The normalized spacial score (nSPS) is 25.1. The predicted octanol–water partition coefficient (Wildman–Crippen LogP) is 2.37. The Hall–Kier alpha value is -1.84. The van der Waals surface area contributed by atoms with Crippen LogP contribution < -0.4 is 4.90 Å². The van der Waals surface area contributed by atoms with Gasteiger partial charge in [-0.25, -0.2) is 0 Å². The molecule has 0 bridgehead atoms. The fourth-order valence-corrected chi connectivity index (χ4v) is 4.25. The number of carbonyl (C=O) groups is 2. The van der Waals surface area contributed by atoms with Crippen molar-refractivity contribution >= 4 is 17.5 Å². The number of fused-ring (bicyclic) bond motifs is 1. The molecule has 4 rings (SSSR count). The highest BCUT2D eigenvalue weighted by molar-refractivity contribution is 6.00. The molecular weight excluding hydrogens is 276 g/mol. The van der Waals surface area contributed by atoms with E-state index in [0.29, 0.717) is 19.0 Å². The maximum atomic E-state index is 12.9. The van der Waals surface area contributed by atoms with Gasteiger partial charge >= 0.3 is 0 Å². The van der Waals surface area contributed by atoms with Crippen molar-refractivity contribution in [2.24, 2.45) is 5.92 Å². The van der Waals surface area contributed by atoms with Crippen LogP contribution in [0.2, 0.25) is 0 Å². The van der Waals surface area contributed by atoms with Crippen LogP contribution in [0.25, 0.3) is 0 Å². The average Bonchev–Trinajstić information content (AvgIpc) is 3.25. The van der Waals surface area contributed by atoms with Crippen molar-refractivity contribution in [1.29, 1.82) is 0 Å². The van der Waals surface area contributed by atoms with Crippen LogP contribution in [0.1, 0.15) is 37.7 Å². The molecule has 1 aromatic rings. The molecule has 1 aromatic carbocycles. The Morgan fingerprint density at radius 2 is 1.91 bits per heavy atom. The van der Waals surface area contributed by atoms with Crippen molar-refractivity contribution in [1.82, 2.24) is 4.90 Å². The van der Waals surface area contributed by atoms with Gasteiger partial charge < -0.3 is 9.80 Å². The van der Waals surface area contributed by atoms with E-state index in [2.05, 4.69) is 6.07 Å². The molecule has 0 unspecified atom stereocenters. The van der Waals surface area contributed by atoms with Crippen LogP contribution in [0, 0.1) is 5.92 Å². The highest BCUT2D eigenvalue weighted by atomic mass is 16.2. The van der Waals surface area contributed by atoms with E-state index in [4.69, 9.17) is 0 Å². The van der Waals surface area contributed by atoms with Crippen molar-refractivity contribution in [3.63, 3.8) is 0 Å². The number of anilines is 1. The summed E-state index contributed by atoms with van der Waals surface area (Å²) in [7, 11) is 0. The zero-order valence-electron chi connectivity index (χ0n) is 12.8. The number of amides is 2. The average molecular weight is 298 g/mol. The first-order valence-corrected chi connectivity index (χ1v) is 8.43. The molecule has 3 aliphatic rings. The number of hydrogen-bond donors (Lipinski definition) is 0. The molecule has 1 aliphatic carbocycles. The fourth-order valence-electron chi connectivity index (χ4n) is 4.25. The molecule has 0 radical (unpaired) electrons. The van der Waals surface area contributed by atoms with E-state index in [9.17, 15) is 9.59 Å². The summed E-state index contributed by atoms with van der Waals surface area (Å²) in [5.74, 6) is 0.163. The van der Waals surface area contributed by atoms with E-state index in [1.165, 1.54) is 18.4 Å². The second-order valence-electron chi connectivity index (χ2n) is 6.75. The zero-order chi connectivity index (χ0) is 15.1. The second-order valence-corrected chi connectivity index (χ2v) is 6.75. The first-order chi connectivity index (χ1) is 10.7. The summed E-state index contributed by atoms with van der Waals surface area (Å²) in [4.78, 5) is 29.0. The standard InChI is InChI=1S/C18H22N2O2/c21-17-11-14(12-20(17)15-6-2-3-7-15)18(22)19-10-9-13-5-1-4-8-16(13)19/h1,4-5,8,14-15H,2-3,6-7,9-12H2/t14-/m0/s1. The van der Waals surface area contributed by atoms with Gasteiger partial charge in [0.1, 0.15) is 0 Å². The highest BCUT2D eigenvalue weighted by Crippen LogP contribution is 2.33. The predicted molar refractivity (Wildman–Crippen MR) is 84.6 cm³/mol. The highest BCUT2D eigenvalue weighted by Gasteiger charge is 2.41. The summed E-state index contributed by atoms with van der Waals surface area (Å²) in [6, 6.07) is 8.50. The van der Waals surface area contributed by atoms with Gasteiger partial charge in [0.15, 0.2) is 0 Å². The molecule has 0 spiro atoms. The van der Waals surface area contributed by atoms with Gasteiger partial charge in [0.05, 0.1) is 5.92 Å². The summed E-state index contributed by atoms with van der Waals surface area (Å²) in [5.41, 5.74) is 2.28. The minimum Gasteiger partial charge on any atom is -0.339 e. The van der Waals surface area contributed by atoms with E-state index >= 15 is 0 Å². The molecule has 1 saturated carbocycles. The quantitative estimate of drug-likeness (QED) is 0.841. The lowest BCUT2D eigenvalue weighted by atomic mass is 10.1. The van der Waals surface area contributed by atoms with Gasteiger partial charge in [-0.05, 0) is 30.9 Å². The van der Waals surface area contributed by atoms with E-state index in [-0.39, 0.29) is 17.7 Å². The number of benzene rings is 1.